The van der Waals surface area contributed by atoms with E-state index in [4.69, 9.17) is 0 Å². The molecule has 0 fully saturated rings. The molecule has 0 aliphatic carbocycles. The fraction of sp³-hybridized carbons (Fsp3) is 0.0714. The zero-order valence-corrected chi connectivity index (χ0v) is 21.4. The number of nitrogens with zero attached hydrogens (tertiary/aromatic N) is 8. The van der Waals surface area contributed by atoms with Crippen LogP contribution in [0.2, 0.25) is 0 Å². The molecule has 0 saturated carbocycles. The molecule has 0 N–H and O–H groups in total. The molecule has 0 radical (unpaired) electrons. The molecule has 0 saturated heterocycles. The maximum atomic E-state index is 12.8. The van der Waals surface area contributed by atoms with Crippen LogP contribution in [0.15, 0.2) is 105 Å². The Hall–Kier alpha value is -5.78. The molecular formula is C28H22N8O4. The monoisotopic (exact) mass is 534 g/mol. The molecule has 12 nitrogen and oxygen atoms in total. The summed E-state index contributed by atoms with van der Waals surface area (Å²) >= 11 is 0. The van der Waals surface area contributed by atoms with Gasteiger partial charge >= 0.3 is 11.4 Å². The number of hydrogen-bond acceptors (Lipinski definition) is 8. The van der Waals surface area contributed by atoms with Crippen LogP contribution in [-0.4, -0.2) is 53.2 Å². The van der Waals surface area contributed by atoms with E-state index in [9.17, 15) is 19.2 Å². The highest BCUT2D eigenvalue weighted by atomic mass is 16.2. The van der Waals surface area contributed by atoms with Crippen molar-refractivity contribution in [3.8, 4) is 22.8 Å². The lowest BCUT2D eigenvalue weighted by atomic mass is 10.2. The maximum absolute atomic E-state index is 12.8. The molecular weight excluding hydrogens is 512 g/mol. The molecule has 0 aliphatic heterocycles. The van der Waals surface area contributed by atoms with Gasteiger partial charge in [0.1, 0.15) is 0 Å². The topological polar surface area (TPSA) is 138 Å². The highest BCUT2D eigenvalue weighted by Crippen LogP contribution is 2.16. The number of aromatic nitrogens is 6. The molecule has 2 heterocycles. The SMILES string of the molecule is CC(=O)n1nc(-c2ccccc2)n(/N=C/c2ccc(/C=N/n3c(-c4ccccc4)nn(C(C)=O)c3=O)cc2)c1=O. The second-order valence-electron chi connectivity index (χ2n) is 8.59. The quantitative estimate of drug-likeness (QED) is 0.307. The van der Waals surface area contributed by atoms with Crippen LogP contribution in [0.1, 0.15) is 34.6 Å². The van der Waals surface area contributed by atoms with E-state index in [0.29, 0.717) is 22.3 Å². The van der Waals surface area contributed by atoms with Gasteiger partial charge in [0.05, 0.1) is 12.4 Å². The minimum absolute atomic E-state index is 0.228. The number of benzene rings is 3. The molecule has 0 amide bonds. The molecule has 40 heavy (non-hydrogen) atoms. The van der Waals surface area contributed by atoms with Gasteiger partial charge in [0.15, 0.2) is 11.6 Å². The fourth-order valence-corrected chi connectivity index (χ4v) is 3.79. The van der Waals surface area contributed by atoms with Crippen LogP contribution in [0, 0.1) is 0 Å². The summed E-state index contributed by atoms with van der Waals surface area (Å²) < 4.78 is 3.66. The second-order valence-corrected chi connectivity index (χ2v) is 8.59. The molecule has 5 aromatic rings. The van der Waals surface area contributed by atoms with Crippen molar-refractivity contribution in [2.75, 3.05) is 0 Å². The first-order chi connectivity index (χ1) is 19.3. The minimum atomic E-state index is -0.683. The van der Waals surface area contributed by atoms with Gasteiger partial charge in [-0.25, -0.2) is 9.59 Å². The van der Waals surface area contributed by atoms with Crippen LogP contribution >= 0.6 is 0 Å². The van der Waals surface area contributed by atoms with Crippen molar-refractivity contribution in [2.45, 2.75) is 13.8 Å². The second kappa shape index (κ2) is 10.9. The molecule has 5 rings (SSSR count). The predicted octanol–water partition coefficient (Wildman–Crippen LogP) is 2.82. The molecule has 198 valence electrons. The molecule has 2 aromatic heterocycles. The Bertz CT molecular complexity index is 1740. The zero-order chi connectivity index (χ0) is 28.2. The van der Waals surface area contributed by atoms with E-state index in [1.807, 2.05) is 12.1 Å². The summed E-state index contributed by atoms with van der Waals surface area (Å²) in [5, 5.41) is 16.8. The minimum Gasteiger partial charge on any atom is -0.273 e. The van der Waals surface area contributed by atoms with Crippen LogP contribution in [-0.2, 0) is 0 Å². The van der Waals surface area contributed by atoms with Crippen LogP contribution in [0.4, 0.5) is 0 Å². The van der Waals surface area contributed by atoms with Crippen molar-refractivity contribution < 1.29 is 9.59 Å². The Morgan fingerprint density at radius 2 is 0.950 bits per heavy atom. The summed E-state index contributed by atoms with van der Waals surface area (Å²) in [6.07, 6.45) is 2.94. The van der Waals surface area contributed by atoms with E-state index < -0.39 is 23.2 Å². The first-order valence-electron chi connectivity index (χ1n) is 12.1. The average Bonchev–Trinajstić information content (AvgIpc) is 3.48. The van der Waals surface area contributed by atoms with Crippen molar-refractivity contribution in [3.63, 3.8) is 0 Å². The molecule has 0 bridgehead atoms. The zero-order valence-electron chi connectivity index (χ0n) is 21.4. The third-order valence-corrected chi connectivity index (χ3v) is 5.76. The third kappa shape index (κ3) is 5.13. The Balaban J connectivity index is 1.43. The Morgan fingerprint density at radius 1 is 0.600 bits per heavy atom. The normalized spacial score (nSPS) is 11.4. The van der Waals surface area contributed by atoms with E-state index in [-0.39, 0.29) is 11.6 Å². The Morgan fingerprint density at radius 3 is 1.27 bits per heavy atom. The molecule has 0 aliphatic rings. The standard InChI is InChI=1S/C28H22N8O4/c1-19(37)33-27(39)35(25(31-33)23-9-5-3-6-10-23)29-17-21-13-15-22(16-14-21)18-30-36-26(24-11-7-4-8-12-24)32-34(20(2)38)28(36)40/h3-18H,1-2H3/b29-17+,30-18+. The summed E-state index contributed by atoms with van der Waals surface area (Å²) in [5.74, 6) is -0.593. The van der Waals surface area contributed by atoms with Crippen LogP contribution < -0.4 is 11.4 Å². The smallest absolute Gasteiger partial charge is 0.273 e. The van der Waals surface area contributed by atoms with Crippen LogP contribution in [0.25, 0.3) is 22.8 Å². The molecule has 0 spiro atoms. The Kier molecular flexibility index (Phi) is 7.05. The number of carbonyl (C=O) groups excluding carboxylic acids is 2. The van der Waals surface area contributed by atoms with Gasteiger partial charge in [-0.05, 0) is 11.1 Å². The van der Waals surface area contributed by atoms with Gasteiger partial charge in [-0.2, -0.15) is 19.6 Å². The van der Waals surface area contributed by atoms with Crippen LogP contribution in [0.3, 0.4) is 0 Å². The molecule has 3 aromatic carbocycles. The van der Waals surface area contributed by atoms with Crippen molar-refractivity contribution in [2.24, 2.45) is 10.2 Å². The van der Waals surface area contributed by atoms with Gasteiger partial charge in [0.25, 0.3) is 0 Å². The largest absolute Gasteiger partial charge is 0.374 e. The third-order valence-electron chi connectivity index (χ3n) is 5.76. The summed E-state index contributed by atoms with van der Waals surface area (Å²) in [6.45, 7) is 2.50. The van der Waals surface area contributed by atoms with Crippen molar-refractivity contribution in [3.05, 3.63) is 117 Å². The van der Waals surface area contributed by atoms with E-state index >= 15 is 0 Å². The van der Waals surface area contributed by atoms with E-state index in [2.05, 4.69) is 20.4 Å². The molecule has 12 heteroatoms. The average molecular weight is 535 g/mol. The van der Waals surface area contributed by atoms with Crippen molar-refractivity contribution in [1.29, 1.82) is 0 Å². The first kappa shape index (κ1) is 25.9. The van der Waals surface area contributed by atoms with Gasteiger partial charge in [-0.15, -0.1) is 19.6 Å². The summed E-state index contributed by atoms with van der Waals surface area (Å²) in [7, 11) is 0. The number of rotatable bonds is 6. The fourth-order valence-electron chi connectivity index (χ4n) is 3.79. The van der Waals surface area contributed by atoms with E-state index in [1.54, 1.807) is 72.8 Å². The molecule has 0 atom stereocenters. The van der Waals surface area contributed by atoms with Gasteiger partial charge in [0, 0.05) is 25.0 Å². The summed E-state index contributed by atoms with van der Waals surface area (Å²) in [4.78, 5) is 49.3. The molecule has 0 unspecified atom stereocenters. The highest BCUT2D eigenvalue weighted by Gasteiger charge is 2.18. The highest BCUT2D eigenvalue weighted by molar-refractivity contribution is 5.84. The lowest BCUT2D eigenvalue weighted by Crippen LogP contribution is -2.26. The number of hydrogen-bond donors (Lipinski definition) is 0. The summed E-state index contributed by atoms with van der Waals surface area (Å²) in [5.41, 5.74) is 1.20. The van der Waals surface area contributed by atoms with Gasteiger partial charge in [-0.1, -0.05) is 84.9 Å². The van der Waals surface area contributed by atoms with E-state index in [0.717, 1.165) is 18.7 Å². The summed E-state index contributed by atoms with van der Waals surface area (Å²) in [6, 6.07) is 24.9. The number of carbonyl (C=O) groups is 2. The van der Waals surface area contributed by atoms with Gasteiger partial charge < -0.3 is 0 Å². The predicted molar refractivity (Wildman–Crippen MR) is 149 cm³/mol. The van der Waals surface area contributed by atoms with Gasteiger partial charge in [0.2, 0.25) is 11.8 Å². The lowest BCUT2D eigenvalue weighted by Gasteiger charge is -2.00. The lowest BCUT2D eigenvalue weighted by molar-refractivity contribution is 0.0907. The van der Waals surface area contributed by atoms with E-state index in [1.165, 1.54) is 26.3 Å². The maximum Gasteiger partial charge on any atom is 0.374 e. The van der Waals surface area contributed by atoms with Gasteiger partial charge in [-0.3, -0.25) is 9.59 Å². The van der Waals surface area contributed by atoms with Crippen molar-refractivity contribution in [1.82, 2.24) is 28.9 Å². The first-order valence-corrected chi connectivity index (χ1v) is 12.1. The van der Waals surface area contributed by atoms with Crippen molar-refractivity contribution >= 4 is 24.2 Å². The van der Waals surface area contributed by atoms with Crippen LogP contribution in [0.5, 0.6) is 0 Å². The Labute approximate surface area is 226 Å².